The Hall–Kier alpha value is -3.31. The van der Waals surface area contributed by atoms with Crippen LogP contribution in [-0.2, 0) is 22.9 Å². The molecule has 5 rings (SSSR count). The number of piperazine rings is 1. The fourth-order valence-electron chi connectivity index (χ4n) is 4.80. The Labute approximate surface area is 207 Å². The Balaban J connectivity index is 1.51. The number of sulfonamides is 1. The Morgan fingerprint density at radius 2 is 1.67 bits per heavy atom. The van der Waals surface area contributed by atoms with E-state index in [1.54, 1.807) is 0 Å². The van der Waals surface area contributed by atoms with Crippen LogP contribution in [0, 0.1) is 11.6 Å². The molecule has 2 aromatic carbocycles. The van der Waals surface area contributed by atoms with Gasteiger partial charge < -0.3 is 9.64 Å². The predicted molar refractivity (Wildman–Crippen MR) is 131 cm³/mol. The first-order valence-corrected chi connectivity index (χ1v) is 13.6. The third kappa shape index (κ3) is 4.98. The third-order valence-corrected chi connectivity index (χ3v) is 7.94. The zero-order valence-corrected chi connectivity index (χ0v) is 20.5. The van der Waals surface area contributed by atoms with Crippen LogP contribution in [0.5, 0.6) is 5.75 Å². The monoisotopic (exact) mass is 516 g/mol. The van der Waals surface area contributed by atoms with Crippen LogP contribution in [0.4, 0.5) is 14.5 Å². The predicted octanol–water partition coefficient (Wildman–Crippen LogP) is 2.53. The van der Waals surface area contributed by atoms with Crippen LogP contribution in [0.1, 0.15) is 17.5 Å². The van der Waals surface area contributed by atoms with Crippen molar-refractivity contribution in [3.8, 4) is 11.4 Å². The van der Waals surface area contributed by atoms with E-state index < -0.39 is 27.2 Å². The van der Waals surface area contributed by atoms with Gasteiger partial charge in [-0.3, -0.25) is 4.79 Å². The number of aryl methyl sites for hydroxylation is 1. The van der Waals surface area contributed by atoms with E-state index in [1.807, 2.05) is 23.1 Å². The van der Waals surface area contributed by atoms with E-state index in [0.717, 1.165) is 34.9 Å². The SMILES string of the molecule is CS(=O)(=O)N1CCN(c2cnn(-c3cc(F)cc(F)c3)c(=O)c2OC2CCc3ccccc3C2)CC1. The lowest BCUT2D eigenvalue weighted by Crippen LogP contribution is -2.49. The summed E-state index contributed by atoms with van der Waals surface area (Å²) in [6.45, 7) is 1.20. The van der Waals surface area contributed by atoms with Crippen LogP contribution in [0.15, 0.2) is 53.5 Å². The van der Waals surface area contributed by atoms with E-state index in [1.165, 1.54) is 22.3 Å². The molecule has 0 radical (unpaired) electrons. The Bertz CT molecular complexity index is 1430. The lowest BCUT2D eigenvalue weighted by molar-refractivity contribution is 0.181. The molecule has 1 unspecified atom stereocenters. The molecule has 1 saturated heterocycles. The number of hydrogen-bond acceptors (Lipinski definition) is 6. The lowest BCUT2D eigenvalue weighted by atomic mass is 9.90. The van der Waals surface area contributed by atoms with E-state index >= 15 is 0 Å². The van der Waals surface area contributed by atoms with Crippen molar-refractivity contribution in [1.82, 2.24) is 14.1 Å². The number of fused-ring (bicyclic) bond motifs is 1. The van der Waals surface area contributed by atoms with Gasteiger partial charge in [0, 0.05) is 38.7 Å². The molecule has 11 heteroatoms. The fraction of sp³-hybridized carbons (Fsp3) is 0.360. The summed E-state index contributed by atoms with van der Waals surface area (Å²) in [7, 11) is -3.33. The average Bonchev–Trinajstić information content (AvgIpc) is 2.84. The number of aromatic nitrogens is 2. The largest absolute Gasteiger partial charge is 0.483 e. The Morgan fingerprint density at radius 1 is 1.00 bits per heavy atom. The van der Waals surface area contributed by atoms with Crippen LogP contribution < -0.4 is 15.2 Å². The highest BCUT2D eigenvalue weighted by Gasteiger charge is 2.29. The fourth-order valence-corrected chi connectivity index (χ4v) is 5.63. The molecule has 0 amide bonds. The molecule has 0 saturated carbocycles. The van der Waals surface area contributed by atoms with Crippen LogP contribution in [0.3, 0.4) is 0 Å². The minimum atomic E-state index is -3.33. The standard InChI is InChI=1S/C25H26F2N4O4S/c1-36(33,34)30-10-8-29(9-11-30)23-16-28-31(21-14-19(26)13-20(27)15-21)25(32)24(23)35-22-7-6-17-4-2-3-5-18(17)12-22/h2-5,13-16,22H,6-12H2,1H3. The van der Waals surface area contributed by atoms with Gasteiger partial charge in [0.2, 0.25) is 15.8 Å². The van der Waals surface area contributed by atoms with E-state index in [4.69, 9.17) is 4.74 Å². The molecule has 36 heavy (non-hydrogen) atoms. The summed E-state index contributed by atoms with van der Waals surface area (Å²) in [6.07, 6.45) is 4.45. The van der Waals surface area contributed by atoms with Crippen molar-refractivity contribution in [1.29, 1.82) is 0 Å². The molecule has 1 fully saturated rings. The number of benzene rings is 2. The van der Waals surface area contributed by atoms with Gasteiger partial charge in [0.25, 0.3) is 0 Å². The molecule has 2 heterocycles. The summed E-state index contributed by atoms with van der Waals surface area (Å²) in [4.78, 5) is 15.5. The van der Waals surface area contributed by atoms with Crippen molar-refractivity contribution >= 4 is 15.7 Å². The van der Waals surface area contributed by atoms with Crippen molar-refractivity contribution in [2.75, 3.05) is 37.3 Å². The van der Waals surface area contributed by atoms with Crippen molar-refractivity contribution < 1.29 is 21.9 Å². The summed E-state index contributed by atoms with van der Waals surface area (Å²) in [5, 5.41) is 4.18. The van der Waals surface area contributed by atoms with E-state index in [0.29, 0.717) is 31.6 Å². The van der Waals surface area contributed by atoms with Crippen molar-refractivity contribution in [3.63, 3.8) is 0 Å². The summed E-state index contributed by atoms with van der Waals surface area (Å²) in [5.74, 6) is -1.62. The second-order valence-corrected chi connectivity index (χ2v) is 11.1. The molecule has 1 atom stereocenters. The van der Waals surface area contributed by atoms with E-state index in [9.17, 15) is 22.0 Å². The normalized spacial score (nSPS) is 18.6. The van der Waals surface area contributed by atoms with Crippen LogP contribution >= 0.6 is 0 Å². The zero-order chi connectivity index (χ0) is 25.4. The summed E-state index contributed by atoms with van der Waals surface area (Å²) in [6, 6.07) is 10.9. The highest BCUT2D eigenvalue weighted by molar-refractivity contribution is 7.88. The molecule has 0 bridgehead atoms. The van der Waals surface area contributed by atoms with E-state index in [2.05, 4.69) is 11.2 Å². The summed E-state index contributed by atoms with van der Waals surface area (Å²) in [5.41, 5.74) is 2.14. The Kier molecular flexibility index (Phi) is 6.52. The smallest absolute Gasteiger partial charge is 0.316 e. The molecule has 190 valence electrons. The maximum absolute atomic E-state index is 13.9. The maximum Gasteiger partial charge on any atom is 0.316 e. The molecule has 1 aliphatic carbocycles. The van der Waals surface area contributed by atoms with Gasteiger partial charge in [-0.2, -0.15) is 14.1 Å². The lowest BCUT2D eigenvalue weighted by Gasteiger charge is -2.35. The first-order valence-electron chi connectivity index (χ1n) is 11.7. The molecule has 1 aliphatic heterocycles. The molecular formula is C25H26F2N4O4S. The first-order chi connectivity index (χ1) is 17.2. The molecule has 0 N–H and O–H groups in total. The molecule has 8 nitrogen and oxygen atoms in total. The van der Waals surface area contributed by atoms with Gasteiger partial charge >= 0.3 is 5.56 Å². The Morgan fingerprint density at radius 3 is 2.33 bits per heavy atom. The molecular weight excluding hydrogens is 490 g/mol. The van der Waals surface area contributed by atoms with Crippen LogP contribution in [0.25, 0.3) is 5.69 Å². The van der Waals surface area contributed by atoms with Gasteiger partial charge in [0.05, 0.1) is 18.1 Å². The molecule has 1 aromatic heterocycles. The third-order valence-electron chi connectivity index (χ3n) is 6.64. The second kappa shape index (κ2) is 9.62. The van der Waals surface area contributed by atoms with Crippen molar-refractivity contribution in [3.05, 3.63) is 81.8 Å². The van der Waals surface area contributed by atoms with Gasteiger partial charge in [0.15, 0.2) is 0 Å². The first kappa shape index (κ1) is 24.4. The van der Waals surface area contributed by atoms with Gasteiger partial charge in [-0.1, -0.05) is 24.3 Å². The topological polar surface area (TPSA) is 84.7 Å². The minimum absolute atomic E-state index is 0.0341. The van der Waals surface area contributed by atoms with Crippen LogP contribution in [0.2, 0.25) is 0 Å². The van der Waals surface area contributed by atoms with Gasteiger partial charge in [-0.25, -0.2) is 17.2 Å². The van der Waals surface area contributed by atoms with Crippen LogP contribution in [-0.4, -0.2) is 61.0 Å². The van der Waals surface area contributed by atoms with Gasteiger partial charge in [-0.05, 0) is 36.1 Å². The summed E-state index contributed by atoms with van der Waals surface area (Å²) < 4.78 is 60.2. The number of halogens is 2. The minimum Gasteiger partial charge on any atom is -0.483 e. The second-order valence-electron chi connectivity index (χ2n) is 9.10. The number of hydrogen-bond donors (Lipinski definition) is 0. The summed E-state index contributed by atoms with van der Waals surface area (Å²) >= 11 is 0. The molecule has 0 spiro atoms. The zero-order valence-electron chi connectivity index (χ0n) is 19.7. The van der Waals surface area contributed by atoms with Crippen molar-refractivity contribution in [2.24, 2.45) is 0 Å². The molecule has 3 aromatic rings. The maximum atomic E-state index is 13.9. The number of ether oxygens (including phenoxy) is 1. The molecule has 2 aliphatic rings. The average molecular weight is 517 g/mol. The quantitative estimate of drug-likeness (QED) is 0.518. The number of rotatable bonds is 5. The van der Waals surface area contributed by atoms with Crippen molar-refractivity contribution in [2.45, 2.75) is 25.4 Å². The van der Waals surface area contributed by atoms with Gasteiger partial charge in [0.1, 0.15) is 23.4 Å². The van der Waals surface area contributed by atoms with E-state index in [-0.39, 0.29) is 30.6 Å². The highest BCUT2D eigenvalue weighted by Crippen LogP contribution is 2.30. The van der Waals surface area contributed by atoms with Gasteiger partial charge in [-0.15, -0.1) is 0 Å². The highest BCUT2D eigenvalue weighted by atomic mass is 32.2. The number of nitrogens with zero attached hydrogens (tertiary/aromatic N) is 4. The number of anilines is 1.